The van der Waals surface area contributed by atoms with Gasteiger partial charge in [0.2, 0.25) is 5.95 Å². The number of likely N-dealkylation sites (tertiary alicyclic amines) is 1. The first-order chi connectivity index (χ1) is 10.7. The molecule has 3 N–H and O–H groups in total. The lowest BCUT2D eigenvalue weighted by Crippen LogP contribution is -2.26. The lowest BCUT2D eigenvalue weighted by Gasteiger charge is -2.15. The minimum Gasteiger partial charge on any atom is -0.383 e. The van der Waals surface area contributed by atoms with Crippen LogP contribution in [0.1, 0.15) is 6.42 Å². The maximum atomic E-state index is 5.96. The van der Waals surface area contributed by atoms with E-state index >= 15 is 0 Å². The van der Waals surface area contributed by atoms with Gasteiger partial charge >= 0.3 is 0 Å². The van der Waals surface area contributed by atoms with Crippen molar-refractivity contribution < 1.29 is 4.74 Å². The van der Waals surface area contributed by atoms with E-state index in [-0.39, 0.29) is 0 Å². The van der Waals surface area contributed by atoms with Crippen LogP contribution in [0.5, 0.6) is 0 Å². The van der Waals surface area contributed by atoms with E-state index < -0.39 is 0 Å². The molecule has 0 radical (unpaired) electrons. The molecule has 8 nitrogen and oxygen atoms in total. The molecule has 1 aliphatic heterocycles. The number of nitrogen functional groups attached to an aromatic ring is 1. The molecule has 0 aliphatic carbocycles. The van der Waals surface area contributed by atoms with E-state index in [9.17, 15) is 0 Å². The fourth-order valence-corrected chi connectivity index (χ4v) is 2.86. The molecule has 0 saturated carbocycles. The average molecular weight is 305 g/mol. The first-order valence-corrected chi connectivity index (χ1v) is 7.57. The van der Waals surface area contributed by atoms with E-state index in [1.807, 2.05) is 7.05 Å². The van der Waals surface area contributed by atoms with Gasteiger partial charge in [-0.15, -0.1) is 0 Å². The minimum absolute atomic E-state index is 0.466. The van der Waals surface area contributed by atoms with Gasteiger partial charge in [0.05, 0.1) is 18.2 Å². The third-order valence-corrected chi connectivity index (χ3v) is 4.15. The van der Waals surface area contributed by atoms with Crippen molar-refractivity contribution in [1.29, 1.82) is 0 Å². The van der Waals surface area contributed by atoms with E-state index in [1.165, 1.54) is 6.42 Å². The maximum absolute atomic E-state index is 5.96. The van der Waals surface area contributed by atoms with Gasteiger partial charge in [0.15, 0.2) is 5.65 Å². The molecule has 0 aromatic carbocycles. The number of aryl methyl sites for hydroxylation is 1. The summed E-state index contributed by atoms with van der Waals surface area (Å²) < 4.78 is 6.84. The van der Waals surface area contributed by atoms with E-state index in [4.69, 9.17) is 10.5 Å². The Morgan fingerprint density at radius 1 is 1.45 bits per heavy atom. The summed E-state index contributed by atoms with van der Waals surface area (Å²) in [6, 6.07) is 0. The summed E-state index contributed by atoms with van der Waals surface area (Å²) in [5.41, 5.74) is 6.72. The highest BCUT2D eigenvalue weighted by Crippen LogP contribution is 2.20. The van der Waals surface area contributed by atoms with Crippen LogP contribution in [0.4, 0.5) is 11.8 Å². The number of rotatable bonds is 6. The van der Waals surface area contributed by atoms with Gasteiger partial charge in [-0.2, -0.15) is 15.1 Å². The number of nitrogens with one attached hydrogen (secondary N) is 1. The Hall–Kier alpha value is -1.93. The normalized spacial score (nSPS) is 19.1. The molecule has 1 atom stereocenters. The first kappa shape index (κ1) is 15.0. The molecule has 2 aromatic heterocycles. The average Bonchev–Trinajstić information content (AvgIpc) is 3.11. The molecule has 3 heterocycles. The van der Waals surface area contributed by atoms with Crippen LogP contribution >= 0.6 is 0 Å². The predicted octanol–water partition coefficient (Wildman–Crippen LogP) is 0.326. The Morgan fingerprint density at radius 3 is 3.14 bits per heavy atom. The highest BCUT2D eigenvalue weighted by molar-refractivity contribution is 5.86. The van der Waals surface area contributed by atoms with Crippen molar-refractivity contribution in [3.63, 3.8) is 0 Å². The lowest BCUT2D eigenvalue weighted by atomic mass is 10.1. The summed E-state index contributed by atoms with van der Waals surface area (Å²) in [6.45, 7) is 4.85. The Labute approximate surface area is 129 Å². The third-order valence-electron chi connectivity index (χ3n) is 4.15. The Kier molecular flexibility index (Phi) is 4.39. The van der Waals surface area contributed by atoms with E-state index in [2.05, 4.69) is 25.3 Å². The smallest absolute Gasteiger partial charge is 0.226 e. The van der Waals surface area contributed by atoms with Crippen molar-refractivity contribution in [1.82, 2.24) is 24.6 Å². The molecule has 0 spiro atoms. The zero-order valence-corrected chi connectivity index (χ0v) is 13.1. The fourth-order valence-electron chi connectivity index (χ4n) is 2.86. The molecular formula is C14H23N7O. The molecule has 22 heavy (non-hydrogen) atoms. The topological polar surface area (TPSA) is 94.1 Å². The van der Waals surface area contributed by atoms with Crippen molar-refractivity contribution in [3.8, 4) is 0 Å². The molecule has 3 rings (SSSR count). The van der Waals surface area contributed by atoms with Crippen LogP contribution in [0, 0.1) is 5.92 Å². The molecule has 1 fully saturated rings. The number of fused-ring (bicyclic) bond motifs is 1. The van der Waals surface area contributed by atoms with Gasteiger partial charge in [-0.25, -0.2) is 0 Å². The number of methoxy groups -OCH3 is 1. The standard InChI is InChI=1S/C14H23N7O/c1-20-13-11(8-17-20)12(15)18-14(19-13)16-7-10-3-4-21(9-10)5-6-22-2/h8,10H,3-7,9H2,1-2H3,(H3,15,16,18,19). The summed E-state index contributed by atoms with van der Waals surface area (Å²) in [5, 5.41) is 8.26. The number of aromatic nitrogens is 4. The van der Waals surface area contributed by atoms with Crippen molar-refractivity contribution in [2.75, 3.05) is 50.9 Å². The van der Waals surface area contributed by atoms with Crippen LogP contribution in [0.15, 0.2) is 6.20 Å². The monoisotopic (exact) mass is 305 g/mol. The Bertz CT molecular complexity index is 641. The van der Waals surface area contributed by atoms with E-state index in [0.717, 1.165) is 43.8 Å². The van der Waals surface area contributed by atoms with E-state index in [1.54, 1.807) is 18.0 Å². The van der Waals surface area contributed by atoms with Crippen molar-refractivity contribution in [2.45, 2.75) is 6.42 Å². The van der Waals surface area contributed by atoms with Crippen LogP contribution in [-0.4, -0.2) is 64.5 Å². The van der Waals surface area contributed by atoms with Gasteiger partial charge in [-0.3, -0.25) is 4.68 Å². The van der Waals surface area contributed by atoms with Crippen LogP contribution in [0.25, 0.3) is 11.0 Å². The zero-order chi connectivity index (χ0) is 15.5. The van der Waals surface area contributed by atoms with Gasteiger partial charge in [-0.1, -0.05) is 0 Å². The number of anilines is 2. The van der Waals surface area contributed by atoms with Crippen LogP contribution < -0.4 is 11.1 Å². The second-order valence-electron chi connectivity index (χ2n) is 5.77. The predicted molar refractivity (Wildman–Crippen MR) is 85.6 cm³/mol. The Balaban J connectivity index is 1.59. The summed E-state index contributed by atoms with van der Waals surface area (Å²) in [6.07, 6.45) is 2.87. The summed E-state index contributed by atoms with van der Waals surface area (Å²) in [5.74, 6) is 1.64. The quantitative estimate of drug-likeness (QED) is 0.794. The lowest BCUT2D eigenvalue weighted by molar-refractivity contribution is 0.159. The second-order valence-corrected chi connectivity index (χ2v) is 5.77. The van der Waals surface area contributed by atoms with Crippen LogP contribution in [-0.2, 0) is 11.8 Å². The SMILES string of the molecule is COCCN1CCC(CNc2nc(N)c3cnn(C)c3n2)C1. The largest absolute Gasteiger partial charge is 0.383 e. The van der Waals surface area contributed by atoms with Crippen LogP contribution in [0.3, 0.4) is 0 Å². The number of hydrogen-bond acceptors (Lipinski definition) is 7. The molecule has 1 aliphatic rings. The molecule has 1 unspecified atom stereocenters. The third kappa shape index (κ3) is 3.12. The molecule has 0 amide bonds. The highest BCUT2D eigenvalue weighted by atomic mass is 16.5. The molecule has 1 saturated heterocycles. The summed E-state index contributed by atoms with van der Waals surface area (Å²) in [7, 11) is 3.59. The maximum Gasteiger partial charge on any atom is 0.226 e. The summed E-state index contributed by atoms with van der Waals surface area (Å²) >= 11 is 0. The summed E-state index contributed by atoms with van der Waals surface area (Å²) in [4.78, 5) is 11.2. The van der Waals surface area contributed by atoms with Crippen LogP contribution in [0.2, 0.25) is 0 Å². The fraction of sp³-hybridized carbons (Fsp3) is 0.643. The van der Waals surface area contributed by atoms with Crippen molar-refractivity contribution in [3.05, 3.63) is 6.20 Å². The van der Waals surface area contributed by atoms with Gasteiger partial charge in [0.25, 0.3) is 0 Å². The number of nitrogens with zero attached hydrogens (tertiary/aromatic N) is 5. The van der Waals surface area contributed by atoms with Gasteiger partial charge < -0.3 is 20.7 Å². The number of ether oxygens (including phenoxy) is 1. The highest BCUT2D eigenvalue weighted by Gasteiger charge is 2.22. The molecular weight excluding hydrogens is 282 g/mol. The number of nitrogens with two attached hydrogens (primary N) is 1. The van der Waals surface area contributed by atoms with Gasteiger partial charge in [-0.05, 0) is 18.9 Å². The zero-order valence-electron chi connectivity index (χ0n) is 13.1. The van der Waals surface area contributed by atoms with Gasteiger partial charge in [0, 0.05) is 33.8 Å². The first-order valence-electron chi connectivity index (χ1n) is 7.57. The molecule has 2 aromatic rings. The second kappa shape index (κ2) is 6.45. The van der Waals surface area contributed by atoms with Gasteiger partial charge in [0.1, 0.15) is 5.82 Å². The molecule has 8 heteroatoms. The minimum atomic E-state index is 0.466. The Morgan fingerprint density at radius 2 is 2.32 bits per heavy atom. The van der Waals surface area contributed by atoms with E-state index in [0.29, 0.717) is 17.7 Å². The molecule has 0 bridgehead atoms. The molecule has 120 valence electrons. The number of hydrogen-bond donors (Lipinski definition) is 2. The van der Waals surface area contributed by atoms with Crippen molar-refractivity contribution >= 4 is 22.8 Å². The van der Waals surface area contributed by atoms with Crippen molar-refractivity contribution in [2.24, 2.45) is 13.0 Å².